The average molecular weight is 214 g/mol. The molecule has 1 aliphatic rings. The lowest BCUT2D eigenvalue weighted by atomic mass is 9.80. The van der Waals surface area contributed by atoms with E-state index in [0.29, 0.717) is 0 Å². The van der Waals surface area contributed by atoms with E-state index in [-0.39, 0.29) is 0 Å². The molecule has 0 N–H and O–H groups in total. The van der Waals surface area contributed by atoms with Gasteiger partial charge in [0.2, 0.25) is 0 Å². The quantitative estimate of drug-likeness (QED) is 0.633. The Kier molecular flexibility index (Phi) is 3.18. The molecule has 0 radical (unpaired) electrons. The predicted molar refractivity (Wildman–Crippen MR) is 71.9 cm³/mol. The van der Waals surface area contributed by atoms with Gasteiger partial charge in [-0.3, -0.25) is 0 Å². The molecule has 16 heavy (non-hydrogen) atoms. The molecule has 86 valence electrons. The topological polar surface area (TPSA) is 0 Å². The second-order valence-corrected chi connectivity index (χ2v) is 4.98. The van der Waals surface area contributed by atoms with Crippen molar-refractivity contribution < 1.29 is 0 Å². The lowest BCUT2D eigenvalue weighted by Gasteiger charge is -2.24. The minimum absolute atomic E-state index is 1.15. The molecule has 0 amide bonds. The van der Waals surface area contributed by atoms with Crippen LogP contribution in [0.3, 0.4) is 0 Å². The van der Waals surface area contributed by atoms with Crippen molar-refractivity contribution in [2.75, 3.05) is 0 Å². The van der Waals surface area contributed by atoms with Crippen LogP contribution in [0.1, 0.15) is 54.0 Å². The fraction of sp³-hybridized carbons (Fsp3) is 0.500. The molecule has 1 aliphatic carbocycles. The van der Waals surface area contributed by atoms with E-state index in [1.165, 1.54) is 36.0 Å². The summed E-state index contributed by atoms with van der Waals surface area (Å²) in [7, 11) is 0. The zero-order valence-corrected chi connectivity index (χ0v) is 11.0. The Morgan fingerprint density at radius 3 is 2.56 bits per heavy atom. The van der Waals surface area contributed by atoms with Crippen LogP contribution in [0.4, 0.5) is 0 Å². The summed E-state index contributed by atoms with van der Waals surface area (Å²) < 4.78 is 0. The predicted octanol–water partition coefficient (Wildman–Crippen LogP) is 4.74. The van der Waals surface area contributed by atoms with E-state index in [0.717, 1.165) is 6.42 Å². The summed E-state index contributed by atoms with van der Waals surface area (Å²) in [5, 5.41) is 0. The first-order valence-corrected chi connectivity index (χ1v) is 6.44. The van der Waals surface area contributed by atoms with Crippen molar-refractivity contribution in [3.05, 3.63) is 40.0 Å². The van der Waals surface area contributed by atoms with Gasteiger partial charge in [0.1, 0.15) is 0 Å². The molecule has 0 saturated heterocycles. The number of allylic oxidation sites excluding steroid dienone is 2. The minimum Gasteiger partial charge on any atom is -0.0810 e. The van der Waals surface area contributed by atoms with E-state index >= 15 is 0 Å². The van der Waals surface area contributed by atoms with Crippen LogP contribution < -0.4 is 0 Å². The maximum absolute atomic E-state index is 2.42. The SMILES string of the molecule is CCC=C1CCCc2c(C)c(C)cc(C)c21. The summed E-state index contributed by atoms with van der Waals surface area (Å²) in [5.74, 6) is 0. The van der Waals surface area contributed by atoms with Crippen molar-refractivity contribution in [2.45, 2.75) is 53.4 Å². The van der Waals surface area contributed by atoms with Gasteiger partial charge in [0.25, 0.3) is 0 Å². The Bertz CT molecular complexity index is 436. The number of rotatable bonds is 1. The normalized spacial score (nSPS) is 17.6. The summed E-state index contributed by atoms with van der Waals surface area (Å²) in [5.41, 5.74) is 9.21. The van der Waals surface area contributed by atoms with Gasteiger partial charge in [0.15, 0.2) is 0 Å². The van der Waals surface area contributed by atoms with Crippen LogP contribution in [0.15, 0.2) is 12.1 Å². The van der Waals surface area contributed by atoms with Gasteiger partial charge in [0.05, 0.1) is 0 Å². The van der Waals surface area contributed by atoms with Gasteiger partial charge < -0.3 is 0 Å². The molecular formula is C16H22. The average Bonchev–Trinajstić information content (AvgIpc) is 2.26. The Morgan fingerprint density at radius 2 is 1.88 bits per heavy atom. The molecule has 0 spiro atoms. The third-order valence-corrected chi connectivity index (χ3v) is 3.82. The second kappa shape index (κ2) is 4.45. The molecule has 0 aliphatic heterocycles. The smallest absolute Gasteiger partial charge is 0.0163 e. The fourth-order valence-electron chi connectivity index (χ4n) is 2.96. The van der Waals surface area contributed by atoms with Gasteiger partial charge in [-0.05, 0) is 79.8 Å². The zero-order valence-electron chi connectivity index (χ0n) is 11.0. The van der Waals surface area contributed by atoms with Crippen LogP contribution >= 0.6 is 0 Å². The number of benzene rings is 1. The molecular weight excluding hydrogens is 192 g/mol. The first kappa shape index (κ1) is 11.4. The summed E-state index contributed by atoms with van der Waals surface area (Å²) in [6.45, 7) is 9.01. The van der Waals surface area contributed by atoms with Gasteiger partial charge in [-0.1, -0.05) is 19.1 Å². The lowest BCUT2D eigenvalue weighted by Crippen LogP contribution is -2.07. The van der Waals surface area contributed by atoms with Crippen LogP contribution in [-0.2, 0) is 6.42 Å². The monoisotopic (exact) mass is 214 g/mol. The summed E-state index contributed by atoms with van der Waals surface area (Å²) in [4.78, 5) is 0. The molecule has 0 heteroatoms. The molecule has 0 fully saturated rings. The van der Waals surface area contributed by atoms with Crippen molar-refractivity contribution in [3.8, 4) is 0 Å². The maximum atomic E-state index is 2.42. The van der Waals surface area contributed by atoms with Crippen LogP contribution in [-0.4, -0.2) is 0 Å². The minimum atomic E-state index is 1.15. The molecule has 1 aromatic rings. The standard InChI is InChI=1S/C16H22/c1-5-7-14-8-6-9-15-13(4)11(2)10-12(3)16(14)15/h7,10H,5-6,8-9H2,1-4H3. The molecule has 0 unspecified atom stereocenters. The Hall–Kier alpha value is -1.04. The molecule has 2 rings (SSSR count). The first-order valence-electron chi connectivity index (χ1n) is 6.44. The highest BCUT2D eigenvalue weighted by molar-refractivity contribution is 5.74. The highest BCUT2D eigenvalue weighted by Crippen LogP contribution is 2.36. The lowest BCUT2D eigenvalue weighted by molar-refractivity contribution is 0.808. The Balaban J connectivity index is 2.65. The largest absolute Gasteiger partial charge is 0.0810 e. The number of aryl methyl sites for hydroxylation is 2. The highest BCUT2D eigenvalue weighted by atomic mass is 14.2. The van der Waals surface area contributed by atoms with Gasteiger partial charge in [-0.2, -0.15) is 0 Å². The van der Waals surface area contributed by atoms with E-state index in [1.54, 1.807) is 16.7 Å². The third-order valence-electron chi connectivity index (χ3n) is 3.82. The molecule has 0 heterocycles. The van der Waals surface area contributed by atoms with E-state index in [4.69, 9.17) is 0 Å². The number of hydrogen-bond donors (Lipinski definition) is 0. The van der Waals surface area contributed by atoms with Crippen molar-refractivity contribution in [3.63, 3.8) is 0 Å². The van der Waals surface area contributed by atoms with E-state index in [2.05, 4.69) is 39.8 Å². The highest BCUT2D eigenvalue weighted by Gasteiger charge is 2.18. The van der Waals surface area contributed by atoms with E-state index in [1.807, 2.05) is 0 Å². The summed E-state index contributed by atoms with van der Waals surface area (Å²) in [6, 6.07) is 2.35. The molecule has 0 aromatic heterocycles. The Labute approximate surface area is 99.4 Å². The molecule has 0 atom stereocenters. The number of hydrogen-bond acceptors (Lipinski definition) is 0. The number of fused-ring (bicyclic) bond motifs is 1. The van der Waals surface area contributed by atoms with E-state index in [9.17, 15) is 0 Å². The molecule has 0 nitrogen and oxygen atoms in total. The summed E-state index contributed by atoms with van der Waals surface area (Å²) in [6.07, 6.45) is 7.43. The van der Waals surface area contributed by atoms with Gasteiger partial charge in [0, 0.05) is 0 Å². The maximum Gasteiger partial charge on any atom is -0.0163 e. The van der Waals surface area contributed by atoms with Crippen molar-refractivity contribution in [1.29, 1.82) is 0 Å². The first-order chi connectivity index (χ1) is 7.65. The molecule has 1 aromatic carbocycles. The van der Waals surface area contributed by atoms with Crippen LogP contribution in [0.2, 0.25) is 0 Å². The second-order valence-electron chi connectivity index (χ2n) is 4.98. The zero-order chi connectivity index (χ0) is 11.7. The molecule has 0 bridgehead atoms. The van der Waals surface area contributed by atoms with Crippen LogP contribution in [0.5, 0.6) is 0 Å². The van der Waals surface area contributed by atoms with Crippen LogP contribution in [0, 0.1) is 20.8 Å². The van der Waals surface area contributed by atoms with Gasteiger partial charge >= 0.3 is 0 Å². The van der Waals surface area contributed by atoms with Gasteiger partial charge in [-0.15, -0.1) is 0 Å². The van der Waals surface area contributed by atoms with Crippen LogP contribution in [0.25, 0.3) is 5.57 Å². The Morgan fingerprint density at radius 1 is 1.12 bits per heavy atom. The van der Waals surface area contributed by atoms with Crippen molar-refractivity contribution in [2.24, 2.45) is 0 Å². The van der Waals surface area contributed by atoms with Crippen molar-refractivity contribution >= 4 is 5.57 Å². The summed E-state index contributed by atoms with van der Waals surface area (Å²) >= 11 is 0. The fourth-order valence-corrected chi connectivity index (χ4v) is 2.96. The van der Waals surface area contributed by atoms with Crippen molar-refractivity contribution in [1.82, 2.24) is 0 Å². The third kappa shape index (κ3) is 1.81. The van der Waals surface area contributed by atoms with Gasteiger partial charge in [-0.25, -0.2) is 0 Å². The molecule has 0 saturated carbocycles. The van der Waals surface area contributed by atoms with E-state index < -0.39 is 0 Å².